The van der Waals surface area contributed by atoms with E-state index in [-0.39, 0.29) is 5.91 Å². The van der Waals surface area contributed by atoms with Crippen LogP contribution in [-0.2, 0) is 6.42 Å². The third-order valence-corrected chi connectivity index (χ3v) is 2.85. The van der Waals surface area contributed by atoms with E-state index in [1.54, 1.807) is 18.6 Å². The van der Waals surface area contributed by atoms with Gasteiger partial charge in [-0.2, -0.15) is 0 Å². The average Bonchev–Trinajstić information content (AvgIpc) is 2.54. The Morgan fingerprint density at radius 3 is 2.86 bits per heavy atom. The second-order valence-electron chi connectivity index (χ2n) is 4.58. The summed E-state index contributed by atoms with van der Waals surface area (Å²) in [7, 11) is 0. The number of carbonyl (C=O) groups is 1. The van der Waals surface area contributed by atoms with E-state index in [1.807, 2.05) is 12.1 Å². The van der Waals surface area contributed by atoms with Gasteiger partial charge in [-0.25, -0.2) is 4.98 Å². The topological polar surface area (TPSA) is 79.8 Å². The Bertz CT molecular complexity index is 573. The van der Waals surface area contributed by atoms with Crippen molar-refractivity contribution in [2.24, 2.45) is 0 Å². The first-order valence-corrected chi connectivity index (χ1v) is 7.02. The molecule has 0 saturated heterocycles. The largest absolute Gasteiger partial charge is 0.369 e. The van der Waals surface area contributed by atoms with Gasteiger partial charge in [0.25, 0.3) is 5.91 Å². The van der Waals surface area contributed by atoms with Gasteiger partial charge in [-0.05, 0) is 24.5 Å². The fourth-order valence-corrected chi connectivity index (χ4v) is 1.77. The molecule has 1 amide bonds. The van der Waals surface area contributed by atoms with Crippen molar-refractivity contribution in [3.63, 3.8) is 0 Å². The summed E-state index contributed by atoms with van der Waals surface area (Å²) in [5.41, 5.74) is 1.41. The van der Waals surface area contributed by atoms with Gasteiger partial charge in [-0.15, -0.1) is 0 Å². The van der Waals surface area contributed by atoms with E-state index in [1.165, 1.54) is 6.20 Å². The number of amides is 1. The summed E-state index contributed by atoms with van der Waals surface area (Å²) in [5, 5.41) is 5.94. The molecular formula is C15H19N5O. The molecule has 2 aromatic heterocycles. The van der Waals surface area contributed by atoms with Gasteiger partial charge < -0.3 is 10.6 Å². The van der Waals surface area contributed by atoms with Crippen LogP contribution in [0.25, 0.3) is 0 Å². The van der Waals surface area contributed by atoms with Crippen molar-refractivity contribution < 1.29 is 4.79 Å². The molecule has 0 atom stereocenters. The molecule has 0 unspecified atom stereocenters. The molecule has 0 radical (unpaired) electrons. The van der Waals surface area contributed by atoms with Gasteiger partial charge in [0.2, 0.25) is 0 Å². The fourth-order valence-electron chi connectivity index (χ4n) is 1.77. The number of pyridine rings is 1. The normalized spacial score (nSPS) is 10.1. The van der Waals surface area contributed by atoms with Crippen LogP contribution in [0.3, 0.4) is 0 Å². The van der Waals surface area contributed by atoms with Crippen molar-refractivity contribution in [3.8, 4) is 0 Å². The van der Waals surface area contributed by atoms with Gasteiger partial charge in [0.1, 0.15) is 11.5 Å². The van der Waals surface area contributed by atoms with Gasteiger partial charge in [0.15, 0.2) is 0 Å². The molecule has 110 valence electrons. The summed E-state index contributed by atoms with van der Waals surface area (Å²) in [6.07, 6.45) is 8.33. The summed E-state index contributed by atoms with van der Waals surface area (Å²) >= 11 is 0. The molecule has 6 heteroatoms. The first-order valence-electron chi connectivity index (χ1n) is 7.02. The second-order valence-corrected chi connectivity index (χ2v) is 4.58. The number of rotatable bonds is 7. The number of nitrogens with one attached hydrogen (secondary N) is 2. The quantitative estimate of drug-likeness (QED) is 0.809. The van der Waals surface area contributed by atoms with Crippen molar-refractivity contribution in [1.29, 1.82) is 0 Å². The maximum absolute atomic E-state index is 12.0. The summed E-state index contributed by atoms with van der Waals surface area (Å²) in [6.45, 7) is 3.41. The molecule has 0 aromatic carbocycles. The van der Waals surface area contributed by atoms with Crippen molar-refractivity contribution >= 4 is 11.7 Å². The zero-order valence-corrected chi connectivity index (χ0v) is 12.0. The molecule has 2 heterocycles. The van der Waals surface area contributed by atoms with Crippen LogP contribution < -0.4 is 10.6 Å². The van der Waals surface area contributed by atoms with E-state index in [4.69, 9.17) is 0 Å². The zero-order valence-electron chi connectivity index (χ0n) is 12.0. The van der Waals surface area contributed by atoms with E-state index >= 15 is 0 Å². The molecule has 6 nitrogen and oxygen atoms in total. The van der Waals surface area contributed by atoms with E-state index in [0.717, 1.165) is 24.9 Å². The zero-order chi connectivity index (χ0) is 14.9. The predicted molar refractivity (Wildman–Crippen MR) is 81.1 cm³/mol. The summed E-state index contributed by atoms with van der Waals surface area (Å²) in [5.74, 6) is 0.406. The number of anilines is 1. The van der Waals surface area contributed by atoms with Gasteiger partial charge in [-0.3, -0.25) is 14.8 Å². The van der Waals surface area contributed by atoms with Crippen LogP contribution in [-0.4, -0.2) is 33.9 Å². The van der Waals surface area contributed by atoms with Crippen molar-refractivity contribution in [1.82, 2.24) is 20.3 Å². The Morgan fingerprint density at radius 1 is 1.19 bits per heavy atom. The van der Waals surface area contributed by atoms with Crippen LogP contribution in [0.5, 0.6) is 0 Å². The van der Waals surface area contributed by atoms with Gasteiger partial charge in [0, 0.05) is 25.5 Å². The Labute approximate surface area is 124 Å². The lowest BCUT2D eigenvalue weighted by Crippen LogP contribution is -2.27. The van der Waals surface area contributed by atoms with Crippen molar-refractivity contribution in [2.45, 2.75) is 19.8 Å². The predicted octanol–water partition coefficient (Wildman–Crippen LogP) is 1.67. The number of hydrogen-bond acceptors (Lipinski definition) is 5. The van der Waals surface area contributed by atoms with Crippen molar-refractivity contribution in [2.75, 3.05) is 18.4 Å². The van der Waals surface area contributed by atoms with Crippen LogP contribution in [0, 0.1) is 0 Å². The number of aromatic nitrogens is 3. The average molecular weight is 285 g/mol. The number of carbonyl (C=O) groups excluding carboxylic acids is 1. The first-order chi connectivity index (χ1) is 10.3. The van der Waals surface area contributed by atoms with Crippen LogP contribution >= 0.6 is 0 Å². The summed E-state index contributed by atoms with van der Waals surface area (Å²) in [6, 6.07) is 3.86. The molecule has 0 aliphatic heterocycles. The lowest BCUT2D eigenvalue weighted by atomic mass is 10.2. The Balaban J connectivity index is 1.85. The molecule has 2 aromatic rings. The minimum atomic E-state index is -0.216. The molecule has 0 saturated carbocycles. The van der Waals surface area contributed by atoms with Crippen LogP contribution in [0.1, 0.15) is 29.4 Å². The molecule has 0 aliphatic rings. The van der Waals surface area contributed by atoms with Gasteiger partial charge in [-0.1, -0.05) is 13.0 Å². The SMILES string of the molecule is CCCNc1cncc(C(=O)NCCc2cccnc2)n1. The Kier molecular flexibility index (Phi) is 5.63. The summed E-state index contributed by atoms with van der Waals surface area (Å²) < 4.78 is 0. The smallest absolute Gasteiger partial charge is 0.271 e. The minimum absolute atomic E-state index is 0.216. The highest BCUT2D eigenvalue weighted by molar-refractivity contribution is 5.92. The molecule has 2 rings (SSSR count). The highest BCUT2D eigenvalue weighted by atomic mass is 16.1. The highest BCUT2D eigenvalue weighted by Gasteiger charge is 2.08. The van der Waals surface area contributed by atoms with Gasteiger partial charge in [0.05, 0.1) is 12.4 Å². The maximum Gasteiger partial charge on any atom is 0.271 e. The van der Waals surface area contributed by atoms with E-state index < -0.39 is 0 Å². The Hall–Kier alpha value is -2.50. The third-order valence-electron chi connectivity index (χ3n) is 2.85. The fraction of sp³-hybridized carbons (Fsp3) is 0.333. The van der Waals surface area contributed by atoms with Crippen molar-refractivity contribution in [3.05, 3.63) is 48.2 Å². The Morgan fingerprint density at radius 2 is 2.10 bits per heavy atom. The third kappa shape index (κ3) is 4.83. The van der Waals surface area contributed by atoms with E-state index in [2.05, 4.69) is 32.5 Å². The maximum atomic E-state index is 12.0. The number of nitrogens with zero attached hydrogens (tertiary/aromatic N) is 3. The monoisotopic (exact) mass is 285 g/mol. The lowest BCUT2D eigenvalue weighted by Gasteiger charge is -2.07. The van der Waals surface area contributed by atoms with Crippen LogP contribution in [0.4, 0.5) is 5.82 Å². The minimum Gasteiger partial charge on any atom is -0.369 e. The standard InChI is InChI=1S/C15H19N5O/c1-2-6-18-14-11-17-10-13(20-14)15(21)19-8-5-12-4-3-7-16-9-12/h3-4,7,9-11H,2,5-6,8H2,1H3,(H,18,20)(H,19,21). The molecule has 0 spiro atoms. The molecule has 0 fully saturated rings. The lowest BCUT2D eigenvalue weighted by molar-refractivity contribution is 0.0949. The first kappa shape index (κ1) is 14.9. The van der Waals surface area contributed by atoms with E-state index in [0.29, 0.717) is 18.1 Å². The van der Waals surface area contributed by atoms with Crippen LogP contribution in [0.2, 0.25) is 0 Å². The van der Waals surface area contributed by atoms with Gasteiger partial charge >= 0.3 is 0 Å². The highest BCUT2D eigenvalue weighted by Crippen LogP contribution is 2.02. The van der Waals surface area contributed by atoms with Crippen LogP contribution in [0.15, 0.2) is 36.9 Å². The molecule has 0 aliphatic carbocycles. The molecule has 2 N–H and O–H groups in total. The molecule has 0 bridgehead atoms. The van der Waals surface area contributed by atoms with E-state index in [9.17, 15) is 4.79 Å². The second kappa shape index (κ2) is 7.94. The summed E-state index contributed by atoms with van der Waals surface area (Å²) in [4.78, 5) is 24.3. The molecule has 21 heavy (non-hydrogen) atoms. The molecular weight excluding hydrogens is 266 g/mol. The number of hydrogen-bond donors (Lipinski definition) is 2.